The van der Waals surface area contributed by atoms with Crippen LogP contribution in [0.5, 0.6) is 0 Å². The number of carbonyl (C=O) groups is 2. The van der Waals surface area contributed by atoms with Crippen LogP contribution < -0.4 is 15.5 Å². The summed E-state index contributed by atoms with van der Waals surface area (Å²) in [5.41, 5.74) is 3.77. The molecule has 4 aromatic rings. The Hall–Kier alpha value is -4.25. The predicted molar refractivity (Wildman–Crippen MR) is 144 cm³/mol. The third kappa shape index (κ3) is 5.83. The number of carbonyl (C=O) groups excluding carboxylic acids is 2. The summed E-state index contributed by atoms with van der Waals surface area (Å²) >= 11 is 1.39. The molecule has 38 heavy (non-hydrogen) atoms. The number of anilines is 3. The first kappa shape index (κ1) is 25.4. The second kappa shape index (κ2) is 11.4. The molecule has 11 heteroatoms. The van der Waals surface area contributed by atoms with Gasteiger partial charge in [-0.25, -0.2) is 14.8 Å². The highest BCUT2D eigenvalue weighted by molar-refractivity contribution is 7.14. The molecule has 0 saturated carbocycles. The molecule has 0 radical (unpaired) electrons. The van der Waals surface area contributed by atoms with E-state index in [0.29, 0.717) is 35.2 Å². The summed E-state index contributed by atoms with van der Waals surface area (Å²) in [5.74, 6) is -0.834. The highest BCUT2D eigenvalue weighted by atomic mass is 32.1. The third-order valence-corrected chi connectivity index (χ3v) is 7.04. The van der Waals surface area contributed by atoms with E-state index < -0.39 is 12.0 Å². The lowest BCUT2D eigenvalue weighted by Crippen LogP contribution is -2.23. The Morgan fingerprint density at radius 2 is 2.03 bits per heavy atom. The van der Waals surface area contributed by atoms with Gasteiger partial charge < -0.3 is 14.2 Å². The number of rotatable bonds is 8. The Labute approximate surface area is 223 Å². The molecule has 0 bridgehead atoms. The van der Waals surface area contributed by atoms with Crippen LogP contribution in [0, 0.1) is 5.95 Å². The molecular formula is C27H27FN6O3S. The fourth-order valence-corrected chi connectivity index (χ4v) is 5.31. The maximum absolute atomic E-state index is 13.5. The van der Waals surface area contributed by atoms with Gasteiger partial charge in [0.2, 0.25) is 5.95 Å². The fraction of sp³-hybridized carbons (Fsp3) is 0.259. The quantitative estimate of drug-likeness (QED) is 0.282. The molecule has 0 unspecified atom stereocenters. The van der Waals surface area contributed by atoms with E-state index in [0.717, 1.165) is 30.8 Å². The summed E-state index contributed by atoms with van der Waals surface area (Å²) in [5, 5.41) is 8.11. The van der Waals surface area contributed by atoms with Gasteiger partial charge in [-0.15, -0.1) is 11.3 Å². The summed E-state index contributed by atoms with van der Waals surface area (Å²) in [7, 11) is 0. The van der Waals surface area contributed by atoms with Gasteiger partial charge in [0.05, 0.1) is 18.3 Å². The zero-order chi connectivity index (χ0) is 26.5. The van der Waals surface area contributed by atoms with Crippen molar-refractivity contribution in [1.82, 2.24) is 14.5 Å². The Bertz CT molecular complexity index is 1420. The van der Waals surface area contributed by atoms with Gasteiger partial charge in [-0.3, -0.25) is 15.4 Å². The number of nitrogens with zero attached hydrogens (tertiary/aromatic N) is 4. The molecule has 5 rings (SSSR count). The van der Waals surface area contributed by atoms with Crippen LogP contribution in [0.1, 0.15) is 47.6 Å². The van der Waals surface area contributed by atoms with Gasteiger partial charge in [0.1, 0.15) is 5.69 Å². The lowest BCUT2D eigenvalue weighted by molar-refractivity contribution is 0.101. The lowest BCUT2D eigenvalue weighted by Gasteiger charge is -2.25. The summed E-state index contributed by atoms with van der Waals surface area (Å²) in [4.78, 5) is 35.3. The van der Waals surface area contributed by atoms with Crippen molar-refractivity contribution in [3.8, 4) is 0 Å². The zero-order valence-electron chi connectivity index (χ0n) is 20.8. The van der Waals surface area contributed by atoms with Gasteiger partial charge in [-0.1, -0.05) is 0 Å². The van der Waals surface area contributed by atoms with Crippen LogP contribution in [0.2, 0.25) is 0 Å². The average molecular weight is 535 g/mol. The van der Waals surface area contributed by atoms with Crippen LogP contribution in [-0.4, -0.2) is 39.7 Å². The number of hydrogen-bond acceptors (Lipinski definition) is 7. The first-order chi connectivity index (χ1) is 18.5. The minimum atomic E-state index is -0.554. The molecule has 1 aliphatic rings. The number of nitrogens with one attached hydrogen (secondary N) is 2. The first-order valence-corrected chi connectivity index (χ1v) is 13.2. The molecule has 196 valence electrons. The van der Waals surface area contributed by atoms with Crippen molar-refractivity contribution in [3.63, 3.8) is 0 Å². The largest absolute Gasteiger partial charge is 0.450 e. The van der Waals surface area contributed by atoms with Crippen molar-refractivity contribution in [2.75, 3.05) is 28.7 Å². The molecule has 2 N–H and O–H groups in total. The van der Waals surface area contributed by atoms with Crippen LogP contribution in [-0.2, 0) is 11.3 Å². The average Bonchev–Trinajstić information content (AvgIpc) is 3.66. The molecule has 1 saturated heterocycles. The lowest BCUT2D eigenvalue weighted by atomic mass is 10.1. The van der Waals surface area contributed by atoms with Crippen molar-refractivity contribution in [3.05, 3.63) is 89.2 Å². The summed E-state index contributed by atoms with van der Waals surface area (Å²) in [6, 6.07) is 14.3. The van der Waals surface area contributed by atoms with Crippen LogP contribution in [0.4, 0.5) is 25.7 Å². The SMILES string of the molecule is CCOC(=O)Nc1ccc(N2CCC[C@@H]2c2csc(NC(=O)c3cccn3Cc3ccnc(F)c3)n2)cc1. The van der Waals surface area contributed by atoms with Crippen LogP contribution >= 0.6 is 11.3 Å². The van der Waals surface area contributed by atoms with Crippen molar-refractivity contribution >= 4 is 39.8 Å². The molecule has 3 aromatic heterocycles. The second-order valence-electron chi connectivity index (χ2n) is 8.78. The minimum Gasteiger partial charge on any atom is -0.450 e. The molecule has 1 atom stereocenters. The minimum absolute atomic E-state index is 0.0891. The van der Waals surface area contributed by atoms with Crippen molar-refractivity contribution in [1.29, 1.82) is 0 Å². The van der Waals surface area contributed by atoms with Gasteiger partial charge in [0.15, 0.2) is 5.13 Å². The first-order valence-electron chi connectivity index (χ1n) is 12.3. The molecule has 0 spiro atoms. The highest BCUT2D eigenvalue weighted by Crippen LogP contribution is 2.37. The molecule has 0 aliphatic carbocycles. The maximum atomic E-state index is 13.5. The number of pyridine rings is 1. The number of hydrogen-bond donors (Lipinski definition) is 2. The number of amides is 2. The molecule has 4 heterocycles. The van der Waals surface area contributed by atoms with Crippen molar-refractivity contribution in [2.45, 2.75) is 32.4 Å². The predicted octanol–water partition coefficient (Wildman–Crippen LogP) is 5.69. The van der Waals surface area contributed by atoms with E-state index in [1.165, 1.54) is 23.6 Å². The number of benzene rings is 1. The number of thiazole rings is 1. The van der Waals surface area contributed by atoms with Gasteiger partial charge in [-0.2, -0.15) is 4.39 Å². The number of halogens is 1. The van der Waals surface area contributed by atoms with E-state index in [4.69, 9.17) is 9.72 Å². The Morgan fingerprint density at radius 3 is 2.82 bits per heavy atom. The van der Waals surface area contributed by atoms with Gasteiger partial charge in [0.25, 0.3) is 5.91 Å². The van der Waals surface area contributed by atoms with E-state index in [1.54, 1.807) is 35.9 Å². The molecule has 1 aromatic carbocycles. The molecular weight excluding hydrogens is 507 g/mol. The van der Waals surface area contributed by atoms with Crippen molar-refractivity contribution < 1.29 is 18.7 Å². The molecule has 1 fully saturated rings. The van der Waals surface area contributed by atoms with Gasteiger partial charge in [0, 0.05) is 42.2 Å². The number of ether oxygens (including phenoxy) is 1. The molecule has 9 nitrogen and oxygen atoms in total. The monoisotopic (exact) mass is 534 g/mol. The summed E-state index contributed by atoms with van der Waals surface area (Å²) in [6.45, 7) is 3.31. The van der Waals surface area contributed by atoms with E-state index in [9.17, 15) is 14.0 Å². The topological polar surface area (TPSA) is 101 Å². The van der Waals surface area contributed by atoms with E-state index in [-0.39, 0.29) is 11.9 Å². The maximum Gasteiger partial charge on any atom is 0.411 e. The van der Waals surface area contributed by atoms with E-state index in [1.807, 2.05) is 29.6 Å². The Morgan fingerprint density at radius 1 is 1.18 bits per heavy atom. The normalized spacial score (nSPS) is 14.9. The summed E-state index contributed by atoms with van der Waals surface area (Å²) in [6.07, 6.45) is 4.69. The van der Waals surface area contributed by atoms with Crippen LogP contribution in [0.25, 0.3) is 0 Å². The second-order valence-corrected chi connectivity index (χ2v) is 9.64. The highest BCUT2D eigenvalue weighted by Gasteiger charge is 2.28. The van der Waals surface area contributed by atoms with Crippen molar-refractivity contribution in [2.24, 2.45) is 0 Å². The smallest absolute Gasteiger partial charge is 0.411 e. The van der Waals surface area contributed by atoms with Crippen LogP contribution in [0.15, 0.2) is 66.3 Å². The zero-order valence-corrected chi connectivity index (χ0v) is 21.6. The molecule has 2 amide bonds. The third-order valence-electron chi connectivity index (χ3n) is 6.26. The van der Waals surface area contributed by atoms with Gasteiger partial charge in [-0.05, 0) is 73.9 Å². The Balaban J connectivity index is 1.24. The fourth-order valence-electron chi connectivity index (χ4n) is 4.56. The van der Waals surface area contributed by atoms with E-state index >= 15 is 0 Å². The van der Waals surface area contributed by atoms with Gasteiger partial charge >= 0.3 is 6.09 Å². The van der Waals surface area contributed by atoms with E-state index in [2.05, 4.69) is 20.5 Å². The molecule has 1 aliphatic heterocycles. The number of aromatic nitrogens is 3. The standard InChI is InChI=1S/C27H27FN6O3S/c1-2-37-27(36)30-19-7-9-20(10-8-19)34-14-4-5-22(34)21-17-38-26(31-21)32-25(35)23-6-3-13-33(23)16-18-11-12-29-24(28)15-18/h3,6-13,15,17,22H,2,4-5,14,16H2,1H3,(H,30,36)(H,31,32,35)/t22-/m1/s1. The van der Waals surface area contributed by atoms with Crippen LogP contribution in [0.3, 0.4) is 0 Å². The summed E-state index contributed by atoms with van der Waals surface area (Å²) < 4.78 is 20.2. The Kier molecular flexibility index (Phi) is 7.64.